The van der Waals surface area contributed by atoms with E-state index in [9.17, 15) is 9.59 Å². The first kappa shape index (κ1) is 34.6. The van der Waals surface area contributed by atoms with Crippen molar-refractivity contribution in [2.75, 3.05) is 70.4 Å². The molecule has 0 bridgehead atoms. The van der Waals surface area contributed by atoms with Crippen LogP contribution < -0.4 is 19.3 Å². The topological polar surface area (TPSA) is 87.7 Å². The summed E-state index contributed by atoms with van der Waals surface area (Å²) in [6, 6.07) is 15.7. The van der Waals surface area contributed by atoms with Gasteiger partial charge >= 0.3 is 0 Å². The summed E-state index contributed by atoms with van der Waals surface area (Å²) in [7, 11) is 5.62. The lowest BCUT2D eigenvalue weighted by molar-refractivity contribution is -0.135. The number of ether oxygens (including phenoxy) is 3. The number of anilines is 2. The second kappa shape index (κ2) is 15.2. The van der Waals surface area contributed by atoms with E-state index in [1.807, 2.05) is 71.6 Å². The van der Waals surface area contributed by atoms with Crippen LogP contribution in [0, 0.1) is 5.92 Å². The van der Waals surface area contributed by atoms with Gasteiger partial charge < -0.3 is 24.0 Å². The van der Waals surface area contributed by atoms with E-state index in [-0.39, 0.29) is 24.3 Å². The fraction of sp³-hybridized carbons (Fsp3) is 0.513. The quantitative estimate of drug-likeness (QED) is 0.264. The fourth-order valence-electron chi connectivity index (χ4n) is 8.06. The smallest absolute Gasteiger partial charge is 0.236 e. The maximum absolute atomic E-state index is 14.0. The maximum atomic E-state index is 14.0. The lowest BCUT2D eigenvalue weighted by Crippen LogP contribution is -2.53. The maximum Gasteiger partial charge on any atom is 0.236 e. The molecular formula is C39H48ClN5O5. The van der Waals surface area contributed by atoms with E-state index in [2.05, 4.69) is 16.8 Å². The summed E-state index contributed by atoms with van der Waals surface area (Å²) in [5.41, 5.74) is 3.56. The number of nitrogens with zero attached hydrogens (tertiary/aromatic N) is 5. The number of aromatic nitrogens is 1. The molecule has 0 spiro atoms. The number of hydrogen-bond acceptors (Lipinski definition) is 8. The Morgan fingerprint density at radius 1 is 0.980 bits per heavy atom. The molecular weight excluding hydrogens is 654 g/mol. The standard InChI is InChI=1S/C39H48ClN5O5/c1-42-16-17-44(24-38(42)47)30-12-6-26(7-13-30)23-43(2)36-15-14-31(22-41-36)45-37(46)20-28-19-34(48-3)35(50-25-32-5-4-18-49-32)21-33(28)39(45)27-8-10-29(40)11-9-27/h8-11,14-15,19,21-22,26,30,32,39H,4-7,12-13,16-18,20,23-25H2,1-3H3/t26-,30-,32-,39-/m0/s1. The number of pyridine rings is 1. The van der Waals surface area contributed by atoms with Crippen molar-refractivity contribution in [3.05, 3.63) is 76.4 Å². The molecule has 3 fully saturated rings. The molecule has 266 valence electrons. The van der Waals surface area contributed by atoms with Gasteiger partial charge in [0.2, 0.25) is 11.8 Å². The molecule has 0 N–H and O–H groups in total. The molecule has 2 saturated heterocycles. The van der Waals surface area contributed by atoms with E-state index in [1.165, 1.54) is 0 Å². The van der Waals surface area contributed by atoms with Crippen LogP contribution in [0.3, 0.4) is 0 Å². The fourth-order valence-corrected chi connectivity index (χ4v) is 8.19. The molecule has 2 atom stereocenters. The summed E-state index contributed by atoms with van der Waals surface area (Å²) >= 11 is 6.31. The highest BCUT2D eigenvalue weighted by Gasteiger charge is 2.37. The lowest BCUT2D eigenvalue weighted by atomic mass is 9.84. The third-order valence-electron chi connectivity index (χ3n) is 11.0. The number of carbonyl (C=O) groups excluding carboxylic acids is 2. The van der Waals surface area contributed by atoms with Gasteiger partial charge in [0, 0.05) is 51.4 Å². The average Bonchev–Trinajstić information content (AvgIpc) is 3.66. The Morgan fingerprint density at radius 3 is 2.46 bits per heavy atom. The van der Waals surface area contributed by atoms with Gasteiger partial charge in [-0.2, -0.15) is 0 Å². The number of benzene rings is 2. The third-order valence-corrected chi connectivity index (χ3v) is 11.2. The number of amides is 2. The molecule has 2 aromatic carbocycles. The molecule has 7 rings (SSSR count). The number of methoxy groups -OCH3 is 1. The number of rotatable bonds is 10. The third kappa shape index (κ3) is 7.43. The van der Waals surface area contributed by atoms with E-state index in [0.717, 1.165) is 93.0 Å². The molecule has 10 nitrogen and oxygen atoms in total. The van der Waals surface area contributed by atoms with Crippen molar-refractivity contribution in [3.8, 4) is 11.5 Å². The Hall–Kier alpha value is -3.86. The number of likely N-dealkylation sites (N-methyl/N-ethyl adjacent to an activating group) is 1. The van der Waals surface area contributed by atoms with Gasteiger partial charge in [-0.3, -0.25) is 19.4 Å². The van der Waals surface area contributed by atoms with Gasteiger partial charge in [-0.1, -0.05) is 23.7 Å². The Labute approximate surface area is 300 Å². The van der Waals surface area contributed by atoms with Crippen LogP contribution in [0.5, 0.6) is 11.5 Å². The van der Waals surface area contributed by atoms with Crippen LogP contribution in [-0.2, 0) is 20.7 Å². The zero-order chi connectivity index (χ0) is 34.8. The largest absolute Gasteiger partial charge is 0.493 e. The van der Waals surface area contributed by atoms with Crippen LogP contribution in [0.1, 0.15) is 61.3 Å². The highest BCUT2D eigenvalue weighted by molar-refractivity contribution is 6.30. The van der Waals surface area contributed by atoms with Crippen LogP contribution in [0.25, 0.3) is 0 Å². The number of hydrogen-bond donors (Lipinski definition) is 0. The van der Waals surface area contributed by atoms with Crippen molar-refractivity contribution in [2.45, 2.75) is 63.1 Å². The molecule has 3 aromatic rings. The van der Waals surface area contributed by atoms with Crippen molar-refractivity contribution < 1.29 is 23.8 Å². The predicted molar refractivity (Wildman–Crippen MR) is 194 cm³/mol. The Bertz CT molecular complexity index is 1660. The van der Waals surface area contributed by atoms with E-state index in [4.69, 9.17) is 30.8 Å². The summed E-state index contributed by atoms with van der Waals surface area (Å²) in [6.45, 7) is 4.46. The first-order valence-corrected chi connectivity index (χ1v) is 18.3. The molecule has 0 unspecified atom stereocenters. The normalized spacial score (nSPS) is 24.3. The molecule has 1 saturated carbocycles. The highest BCUT2D eigenvalue weighted by atomic mass is 35.5. The number of fused-ring (bicyclic) bond motifs is 1. The second-order valence-electron chi connectivity index (χ2n) is 14.3. The SMILES string of the molecule is COc1cc2c(cc1OC[C@@H]1CCCO1)[C@H](c1ccc(Cl)cc1)N(c1ccc(N(C)C[C@H]3CC[C@H](N4CCN(C)C(=O)C4)CC3)nc1)C(=O)C2. The van der Waals surface area contributed by atoms with Gasteiger partial charge in [-0.05, 0) is 97.5 Å². The minimum atomic E-state index is -0.407. The molecule has 4 aliphatic rings. The van der Waals surface area contributed by atoms with Gasteiger partial charge in [0.05, 0.1) is 44.1 Å². The molecule has 4 heterocycles. The van der Waals surface area contributed by atoms with Crippen molar-refractivity contribution in [2.24, 2.45) is 5.92 Å². The molecule has 50 heavy (non-hydrogen) atoms. The first-order valence-electron chi connectivity index (χ1n) is 17.9. The van der Waals surface area contributed by atoms with E-state index >= 15 is 0 Å². The molecule has 2 amide bonds. The summed E-state index contributed by atoms with van der Waals surface area (Å²) in [5.74, 6) is 2.90. The zero-order valence-electron chi connectivity index (χ0n) is 29.4. The van der Waals surface area contributed by atoms with E-state index < -0.39 is 6.04 Å². The minimum absolute atomic E-state index is 0.0192. The summed E-state index contributed by atoms with van der Waals surface area (Å²) in [5, 5.41) is 0.634. The Balaban J connectivity index is 1.08. The van der Waals surface area contributed by atoms with Crippen molar-refractivity contribution >= 4 is 34.9 Å². The first-order chi connectivity index (χ1) is 24.3. The Morgan fingerprint density at radius 2 is 1.78 bits per heavy atom. The lowest BCUT2D eigenvalue weighted by Gasteiger charge is -2.41. The van der Waals surface area contributed by atoms with Crippen LogP contribution in [0.2, 0.25) is 5.02 Å². The zero-order valence-corrected chi connectivity index (χ0v) is 30.1. The summed E-state index contributed by atoms with van der Waals surface area (Å²) in [4.78, 5) is 39.4. The van der Waals surface area contributed by atoms with Gasteiger partial charge in [0.15, 0.2) is 11.5 Å². The minimum Gasteiger partial charge on any atom is -0.493 e. The molecule has 0 radical (unpaired) electrons. The van der Waals surface area contributed by atoms with E-state index in [1.54, 1.807) is 7.11 Å². The summed E-state index contributed by atoms with van der Waals surface area (Å²) in [6.07, 6.45) is 8.65. The molecule has 3 aliphatic heterocycles. The van der Waals surface area contributed by atoms with Gasteiger partial charge in [0.1, 0.15) is 12.4 Å². The van der Waals surface area contributed by atoms with Crippen LogP contribution in [0.4, 0.5) is 11.5 Å². The number of piperazine rings is 1. The van der Waals surface area contributed by atoms with Crippen molar-refractivity contribution in [3.63, 3.8) is 0 Å². The van der Waals surface area contributed by atoms with Crippen LogP contribution >= 0.6 is 11.6 Å². The van der Waals surface area contributed by atoms with E-state index in [0.29, 0.717) is 41.6 Å². The van der Waals surface area contributed by atoms with Crippen LogP contribution in [0.15, 0.2) is 54.7 Å². The predicted octanol–water partition coefficient (Wildman–Crippen LogP) is 5.75. The second-order valence-corrected chi connectivity index (χ2v) is 14.7. The van der Waals surface area contributed by atoms with Crippen molar-refractivity contribution in [1.29, 1.82) is 0 Å². The average molecular weight is 702 g/mol. The van der Waals surface area contributed by atoms with Gasteiger partial charge in [-0.15, -0.1) is 0 Å². The van der Waals surface area contributed by atoms with Crippen molar-refractivity contribution in [1.82, 2.24) is 14.8 Å². The molecule has 1 aliphatic carbocycles. The van der Waals surface area contributed by atoms with Gasteiger partial charge in [0.25, 0.3) is 0 Å². The van der Waals surface area contributed by atoms with Crippen LogP contribution in [-0.4, -0.2) is 99.3 Å². The Kier molecular flexibility index (Phi) is 10.5. The monoisotopic (exact) mass is 701 g/mol. The number of halogens is 1. The highest BCUT2D eigenvalue weighted by Crippen LogP contribution is 2.44. The summed E-state index contributed by atoms with van der Waals surface area (Å²) < 4.78 is 17.8. The molecule has 1 aromatic heterocycles. The van der Waals surface area contributed by atoms with Gasteiger partial charge in [-0.25, -0.2) is 4.98 Å². The number of carbonyl (C=O) groups is 2. The molecule has 11 heteroatoms.